The first-order valence-electron chi connectivity index (χ1n) is 6.58. The highest BCUT2D eigenvalue weighted by molar-refractivity contribution is 9.10. The number of carbonyl (C=O) groups is 2. The molecule has 0 spiro atoms. The van der Waals surface area contributed by atoms with Gasteiger partial charge in [-0.15, -0.1) is 0 Å². The average Bonchev–Trinajstić information content (AvgIpc) is 3.17. The van der Waals surface area contributed by atoms with Crippen LogP contribution in [-0.4, -0.2) is 21.6 Å². The first kappa shape index (κ1) is 13.9. The lowest BCUT2D eigenvalue weighted by atomic mass is 10.1. The summed E-state index contributed by atoms with van der Waals surface area (Å²) < 4.78 is 2.48. The number of carboxylic acid groups (broad SMARTS) is 1. The molecule has 2 aromatic rings. The summed E-state index contributed by atoms with van der Waals surface area (Å²) in [6.45, 7) is 0. The zero-order valence-electron chi connectivity index (χ0n) is 11.0. The number of nitrogens with zero attached hydrogens (tertiary/aromatic N) is 1. The fourth-order valence-corrected chi connectivity index (χ4v) is 2.73. The number of hydrogen-bond acceptors (Lipinski definition) is 2. The van der Waals surface area contributed by atoms with E-state index in [1.807, 2.05) is 16.8 Å². The lowest BCUT2D eigenvalue weighted by molar-refractivity contribution is 0.0698. The standard InChI is InChI=1S/C15H13BrN2O3/c16-11-4-1-3-10(15(20)21)13(11)17-14(19)12-5-2-8-18(12)9-6-7-9/h1-5,8-9H,6-7H2,(H,17,19)(H,20,21). The molecule has 0 bridgehead atoms. The Balaban J connectivity index is 1.91. The molecular formula is C15H13BrN2O3. The Morgan fingerprint density at radius 1 is 1.24 bits per heavy atom. The molecule has 0 unspecified atom stereocenters. The second-order valence-electron chi connectivity index (χ2n) is 4.95. The van der Waals surface area contributed by atoms with E-state index in [4.69, 9.17) is 0 Å². The van der Waals surface area contributed by atoms with Gasteiger partial charge in [-0.05, 0) is 53.0 Å². The number of rotatable bonds is 4. The third-order valence-electron chi connectivity index (χ3n) is 3.43. The van der Waals surface area contributed by atoms with E-state index in [1.54, 1.807) is 18.2 Å². The Morgan fingerprint density at radius 3 is 2.67 bits per heavy atom. The van der Waals surface area contributed by atoms with Gasteiger partial charge in [0.05, 0.1) is 11.3 Å². The summed E-state index contributed by atoms with van der Waals surface area (Å²) in [5.74, 6) is -1.38. The van der Waals surface area contributed by atoms with Crippen molar-refractivity contribution >= 4 is 33.5 Å². The molecule has 108 valence electrons. The van der Waals surface area contributed by atoms with Crippen molar-refractivity contribution in [2.45, 2.75) is 18.9 Å². The minimum absolute atomic E-state index is 0.0576. The van der Waals surface area contributed by atoms with E-state index < -0.39 is 5.97 Å². The van der Waals surface area contributed by atoms with Crippen LogP contribution in [0, 0.1) is 0 Å². The van der Waals surface area contributed by atoms with Crippen molar-refractivity contribution in [3.8, 4) is 0 Å². The van der Waals surface area contributed by atoms with Gasteiger partial charge >= 0.3 is 5.97 Å². The number of hydrogen-bond donors (Lipinski definition) is 2. The molecule has 1 aliphatic rings. The van der Waals surface area contributed by atoms with Gasteiger partial charge in [-0.3, -0.25) is 4.79 Å². The molecule has 1 saturated carbocycles. The summed E-state index contributed by atoms with van der Waals surface area (Å²) in [6, 6.07) is 8.73. The molecule has 2 N–H and O–H groups in total. The number of carboxylic acids is 1. The Bertz CT molecular complexity index is 719. The minimum atomic E-state index is -1.08. The second-order valence-corrected chi connectivity index (χ2v) is 5.81. The van der Waals surface area contributed by atoms with Crippen LogP contribution >= 0.6 is 15.9 Å². The minimum Gasteiger partial charge on any atom is -0.478 e. The fourth-order valence-electron chi connectivity index (χ4n) is 2.26. The van der Waals surface area contributed by atoms with Crippen LogP contribution in [0.2, 0.25) is 0 Å². The summed E-state index contributed by atoms with van der Waals surface area (Å²) >= 11 is 3.28. The van der Waals surface area contributed by atoms with Gasteiger partial charge in [-0.1, -0.05) is 6.07 Å². The van der Waals surface area contributed by atoms with Gasteiger partial charge in [0.2, 0.25) is 0 Å². The van der Waals surface area contributed by atoms with Crippen LogP contribution < -0.4 is 5.32 Å². The largest absolute Gasteiger partial charge is 0.478 e. The van der Waals surface area contributed by atoms with Gasteiger partial charge in [0, 0.05) is 16.7 Å². The summed E-state index contributed by atoms with van der Waals surface area (Å²) in [5.41, 5.74) is 0.880. The van der Waals surface area contributed by atoms with Crippen LogP contribution in [-0.2, 0) is 0 Å². The first-order chi connectivity index (χ1) is 10.1. The lowest BCUT2D eigenvalue weighted by Gasteiger charge is -2.12. The first-order valence-corrected chi connectivity index (χ1v) is 7.37. The second kappa shape index (κ2) is 5.37. The highest BCUT2D eigenvalue weighted by Crippen LogP contribution is 2.36. The molecule has 0 aliphatic heterocycles. The molecule has 1 aromatic carbocycles. The summed E-state index contributed by atoms with van der Waals surface area (Å²) in [6.07, 6.45) is 4.03. The molecule has 6 heteroatoms. The summed E-state index contributed by atoms with van der Waals surface area (Å²) in [7, 11) is 0. The van der Waals surface area contributed by atoms with Crippen LogP contribution in [0.25, 0.3) is 0 Å². The molecule has 0 atom stereocenters. The maximum absolute atomic E-state index is 12.4. The number of amides is 1. The third-order valence-corrected chi connectivity index (χ3v) is 4.10. The number of carbonyl (C=O) groups excluding carboxylic acids is 1. The van der Waals surface area contributed by atoms with Crippen molar-refractivity contribution in [1.82, 2.24) is 4.57 Å². The smallest absolute Gasteiger partial charge is 0.337 e. The van der Waals surface area contributed by atoms with Gasteiger partial charge in [0.25, 0.3) is 5.91 Å². The van der Waals surface area contributed by atoms with Crippen molar-refractivity contribution < 1.29 is 14.7 Å². The fraction of sp³-hybridized carbons (Fsp3) is 0.200. The molecule has 21 heavy (non-hydrogen) atoms. The zero-order valence-corrected chi connectivity index (χ0v) is 12.6. The Hall–Kier alpha value is -2.08. The van der Waals surface area contributed by atoms with E-state index in [2.05, 4.69) is 21.2 Å². The van der Waals surface area contributed by atoms with Gasteiger partial charge in [-0.25, -0.2) is 4.79 Å². The summed E-state index contributed by atoms with van der Waals surface area (Å²) in [5, 5.41) is 11.9. The van der Waals surface area contributed by atoms with E-state index in [0.29, 0.717) is 16.2 Å². The maximum Gasteiger partial charge on any atom is 0.337 e. The highest BCUT2D eigenvalue weighted by atomic mass is 79.9. The predicted molar refractivity (Wildman–Crippen MR) is 81.8 cm³/mol. The molecule has 5 nitrogen and oxygen atoms in total. The van der Waals surface area contributed by atoms with E-state index in [-0.39, 0.29) is 17.2 Å². The van der Waals surface area contributed by atoms with E-state index in [1.165, 1.54) is 6.07 Å². The number of aromatic nitrogens is 1. The normalized spacial score (nSPS) is 14.0. The Kier molecular flexibility index (Phi) is 3.55. The van der Waals surface area contributed by atoms with Gasteiger partial charge in [-0.2, -0.15) is 0 Å². The van der Waals surface area contributed by atoms with Crippen LogP contribution in [0.15, 0.2) is 41.0 Å². The van der Waals surface area contributed by atoms with Crippen molar-refractivity contribution in [2.24, 2.45) is 0 Å². The topological polar surface area (TPSA) is 71.3 Å². The number of nitrogens with one attached hydrogen (secondary N) is 1. The zero-order chi connectivity index (χ0) is 15.0. The molecule has 1 amide bonds. The van der Waals surface area contributed by atoms with Crippen LogP contribution in [0.4, 0.5) is 5.69 Å². The lowest BCUT2D eigenvalue weighted by Crippen LogP contribution is -2.18. The third kappa shape index (κ3) is 2.71. The van der Waals surface area contributed by atoms with Crippen molar-refractivity contribution in [2.75, 3.05) is 5.32 Å². The molecule has 0 saturated heterocycles. The van der Waals surface area contributed by atoms with E-state index in [9.17, 15) is 14.7 Å². The quantitative estimate of drug-likeness (QED) is 0.887. The van der Waals surface area contributed by atoms with Crippen molar-refractivity contribution in [1.29, 1.82) is 0 Å². The summed E-state index contributed by atoms with van der Waals surface area (Å²) in [4.78, 5) is 23.7. The molecule has 3 rings (SSSR count). The van der Waals surface area contributed by atoms with Crippen molar-refractivity contribution in [3.05, 3.63) is 52.3 Å². The van der Waals surface area contributed by atoms with Gasteiger partial charge in [0.1, 0.15) is 5.69 Å². The van der Waals surface area contributed by atoms with Crippen LogP contribution in [0.5, 0.6) is 0 Å². The van der Waals surface area contributed by atoms with Crippen LogP contribution in [0.1, 0.15) is 39.7 Å². The number of benzene rings is 1. The molecule has 1 fully saturated rings. The highest BCUT2D eigenvalue weighted by Gasteiger charge is 2.27. The number of para-hydroxylation sites is 1. The molecular weight excluding hydrogens is 336 g/mol. The van der Waals surface area contributed by atoms with Crippen LogP contribution in [0.3, 0.4) is 0 Å². The number of anilines is 1. The Labute approximate surface area is 129 Å². The predicted octanol–water partition coefficient (Wildman–Crippen LogP) is 3.54. The van der Waals surface area contributed by atoms with Gasteiger partial charge < -0.3 is 15.0 Å². The number of halogens is 1. The average molecular weight is 349 g/mol. The Morgan fingerprint density at radius 2 is 2.00 bits per heavy atom. The number of aromatic carboxylic acids is 1. The molecule has 0 radical (unpaired) electrons. The van der Waals surface area contributed by atoms with E-state index >= 15 is 0 Å². The van der Waals surface area contributed by atoms with Gasteiger partial charge in [0.15, 0.2) is 0 Å². The van der Waals surface area contributed by atoms with Crippen molar-refractivity contribution in [3.63, 3.8) is 0 Å². The molecule has 1 aromatic heterocycles. The van der Waals surface area contributed by atoms with E-state index in [0.717, 1.165) is 12.8 Å². The maximum atomic E-state index is 12.4. The SMILES string of the molecule is O=C(O)c1cccc(Br)c1NC(=O)c1cccn1C1CC1. The molecule has 1 aliphatic carbocycles. The molecule has 1 heterocycles. The monoisotopic (exact) mass is 348 g/mol.